The zero-order chi connectivity index (χ0) is 12.5. The van der Waals surface area contributed by atoms with Crippen LogP contribution in [-0.4, -0.2) is 31.4 Å². The van der Waals surface area contributed by atoms with Crippen molar-refractivity contribution in [3.63, 3.8) is 0 Å². The van der Waals surface area contributed by atoms with Crippen LogP contribution in [0.25, 0.3) is 0 Å². The van der Waals surface area contributed by atoms with Crippen LogP contribution < -0.4 is 5.32 Å². The molecule has 18 heavy (non-hydrogen) atoms. The van der Waals surface area contributed by atoms with Gasteiger partial charge >= 0.3 is 5.97 Å². The lowest BCUT2D eigenvalue weighted by Gasteiger charge is -2.04. The summed E-state index contributed by atoms with van der Waals surface area (Å²) < 4.78 is 4.75. The minimum Gasteiger partial charge on any atom is -0.465 e. The van der Waals surface area contributed by atoms with Crippen molar-refractivity contribution in [3.8, 4) is 0 Å². The maximum Gasteiger partial charge on any atom is 0.319 e. The molecule has 5 heteroatoms. The number of esters is 1. The Morgan fingerprint density at radius 2 is 1.89 bits per heavy atom. The lowest BCUT2D eigenvalue weighted by atomic mass is 10.1. The summed E-state index contributed by atoms with van der Waals surface area (Å²) in [5, 5.41) is 2.88. The van der Waals surface area contributed by atoms with Gasteiger partial charge in [0.05, 0.1) is 13.2 Å². The van der Waals surface area contributed by atoms with E-state index in [2.05, 4.69) is 5.32 Å². The quantitative estimate of drug-likeness (QED) is 0.467. The van der Waals surface area contributed by atoms with E-state index in [1.54, 1.807) is 19.1 Å². The first-order chi connectivity index (χ1) is 8.24. The standard InChI is InChI=1S/C13H17NO3.ClH/c1-2-17-13(16)10-14-9-8-12(15)11-6-4-3-5-7-11;/h3-7,14H,2,8-10H2,1H3;1H. The summed E-state index contributed by atoms with van der Waals surface area (Å²) in [6.45, 7) is 2.77. The molecule has 0 unspecified atom stereocenters. The largest absolute Gasteiger partial charge is 0.465 e. The predicted molar refractivity (Wildman–Crippen MR) is 72.1 cm³/mol. The molecule has 0 aliphatic rings. The molecule has 1 aromatic carbocycles. The molecule has 0 radical (unpaired) electrons. The fraction of sp³-hybridized carbons (Fsp3) is 0.385. The second-order valence-electron chi connectivity index (χ2n) is 3.52. The number of hydrogen-bond acceptors (Lipinski definition) is 4. The van der Waals surface area contributed by atoms with Gasteiger partial charge in [-0.15, -0.1) is 12.4 Å². The first kappa shape index (κ1) is 16.6. The average molecular weight is 272 g/mol. The van der Waals surface area contributed by atoms with E-state index in [9.17, 15) is 9.59 Å². The van der Waals surface area contributed by atoms with Gasteiger partial charge in [0.15, 0.2) is 5.78 Å². The van der Waals surface area contributed by atoms with Crippen molar-refractivity contribution in [2.45, 2.75) is 13.3 Å². The highest BCUT2D eigenvalue weighted by Crippen LogP contribution is 2.01. The smallest absolute Gasteiger partial charge is 0.319 e. The molecular formula is C13H18ClNO3. The number of carbonyl (C=O) groups excluding carboxylic acids is 2. The first-order valence-electron chi connectivity index (χ1n) is 5.68. The molecule has 4 nitrogen and oxygen atoms in total. The van der Waals surface area contributed by atoms with Crippen LogP contribution in [0.1, 0.15) is 23.7 Å². The third-order valence-corrected chi connectivity index (χ3v) is 2.20. The topological polar surface area (TPSA) is 55.4 Å². The monoisotopic (exact) mass is 271 g/mol. The van der Waals surface area contributed by atoms with Gasteiger partial charge in [-0.1, -0.05) is 30.3 Å². The van der Waals surface area contributed by atoms with Crippen molar-refractivity contribution in [1.82, 2.24) is 5.32 Å². The summed E-state index contributed by atoms with van der Waals surface area (Å²) in [4.78, 5) is 22.6. The van der Waals surface area contributed by atoms with Gasteiger partial charge in [0.2, 0.25) is 0 Å². The molecule has 0 bridgehead atoms. The van der Waals surface area contributed by atoms with Crippen molar-refractivity contribution in [3.05, 3.63) is 35.9 Å². The SMILES string of the molecule is CCOC(=O)CNCCC(=O)c1ccccc1.Cl. The lowest BCUT2D eigenvalue weighted by molar-refractivity contribution is -0.141. The van der Waals surface area contributed by atoms with E-state index in [0.29, 0.717) is 25.1 Å². The summed E-state index contributed by atoms with van der Waals surface area (Å²) in [6, 6.07) is 9.11. The molecule has 0 aliphatic carbocycles. The fourth-order valence-corrected chi connectivity index (χ4v) is 1.37. The third kappa shape index (κ3) is 6.37. The van der Waals surface area contributed by atoms with Gasteiger partial charge in [0, 0.05) is 18.5 Å². The van der Waals surface area contributed by atoms with Crippen LogP contribution in [0.5, 0.6) is 0 Å². The number of ketones is 1. The Morgan fingerprint density at radius 3 is 2.50 bits per heavy atom. The van der Waals surface area contributed by atoms with Crippen LogP contribution in [0.2, 0.25) is 0 Å². The number of carbonyl (C=O) groups is 2. The second kappa shape index (κ2) is 9.62. The Kier molecular flexibility index (Phi) is 8.88. The Hall–Kier alpha value is -1.39. The van der Waals surface area contributed by atoms with E-state index in [-0.39, 0.29) is 30.7 Å². The van der Waals surface area contributed by atoms with Crippen LogP contribution in [0.4, 0.5) is 0 Å². The van der Waals surface area contributed by atoms with E-state index in [0.717, 1.165) is 0 Å². The molecule has 100 valence electrons. The lowest BCUT2D eigenvalue weighted by Crippen LogP contribution is -2.26. The van der Waals surface area contributed by atoms with Crippen molar-refractivity contribution in [1.29, 1.82) is 0 Å². The molecule has 1 N–H and O–H groups in total. The van der Waals surface area contributed by atoms with Crippen LogP contribution in [0, 0.1) is 0 Å². The van der Waals surface area contributed by atoms with Crippen molar-refractivity contribution in [2.24, 2.45) is 0 Å². The van der Waals surface area contributed by atoms with Crippen LogP contribution >= 0.6 is 12.4 Å². The summed E-state index contributed by atoms with van der Waals surface area (Å²) in [5.41, 5.74) is 0.699. The molecule has 1 rings (SSSR count). The van der Waals surface area contributed by atoms with E-state index in [1.807, 2.05) is 18.2 Å². The third-order valence-electron chi connectivity index (χ3n) is 2.20. The molecule has 0 amide bonds. The van der Waals surface area contributed by atoms with Crippen LogP contribution in [0.3, 0.4) is 0 Å². The molecular weight excluding hydrogens is 254 g/mol. The molecule has 0 aliphatic heterocycles. The molecule has 0 saturated carbocycles. The zero-order valence-corrected chi connectivity index (χ0v) is 11.2. The van der Waals surface area contributed by atoms with E-state index >= 15 is 0 Å². The summed E-state index contributed by atoms with van der Waals surface area (Å²) in [5.74, 6) is -0.221. The second-order valence-corrected chi connectivity index (χ2v) is 3.52. The maximum atomic E-state index is 11.7. The summed E-state index contributed by atoms with van der Waals surface area (Å²) in [7, 11) is 0. The molecule has 1 aromatic rings. The van der Waals surface area contributed by atoms with E-state index in [4.69, 9.17) is 4.74 Å². The highest BCUT2D eigenvalue weighted by Gasteiger charge is 2.05. The Morgan fingerprint density at radius 1 is 1.22 bits per heavy atom. The predicted octanol–water partition coefficient (Wildman–Crippen LogP) is 1.83. The van der Waals surface area contributed by atoms with Crippen molar-refractivity contribution < 1.29 is 14.3 Å². The summed E-state index contributed by atoms with van der Waals surface area (Å²) >= 11 is 0. The van der Waals surface area contributed by atoms with E-state index in [1.165, 1.54) is 0 Å². The maximum absolute atomic E-state index is 11.7. The van der Waals surface area contributed by atoms with Gasteiger partial charge in [0.25, 0.3) is 0 Å². The molecule has 0 fully saturated rings. The number of halogens is 1. The van der Waals surface area contributed by atoms with Gasteiger partial charge in [-0.05, 0) is 6.92 Å². The highest BCUT2D eigenvalue weighted by molar-refractivity contribution is 5.96. The van der Waals surface area contributed by atoms with Crippen LogP contribution in [0.15, 0.2) is 30.3 Å². The van der Waals surface area contributed by atoms with Crippen molar-refractivity contribution in [2.75, 3.05) is 19.7 Å². The molecule has 0 aromatic heterocycles. The number of ether oxygens (including phenoxy) is 1. The molecule has 0 heterocycles. The number of nitrogens with one attached hydrogen (secondary N) is 1. The highest BCUT2D eigenvalue weighted by atomic mass is 35.5. The Bertz CT molecular complexity index is 368. The van der Waals surface area contributed by atoms with Gasteiger partial charge < -0.3 is 10.1 Å². The van der Waals surface area contributed by atoms with Gasteiger partial charge in [-0.2, -0.15) is 0 Å². The fourth-order valence-electron chi connectivity index (χ4n) is 1.37. The average Bonchev–Trinajstić information content (AvgIpc) is 2.36. The van der Waals surface area contributed by atoms with Crippen LogP contribution in [-0.2, 0) is 9.53 Å². The normalized spacial score (nSPS) is 9.39. The minimum absolute atomic E-state index is 0. The Labute approximate surface area is 113 Å². The number of benzene rings is 1. The zero-order valence-electron chi connectivity index (χ0n) is 10.3. The Balaban J connectivity index is 0.00000289. The number of Topliss-reactive ketones (excluding diaryl/α,β-unsaturated/α-hetero) is 1. The first-order valence-corrected chi connectivity index (χ1v) is 5.68. The number of rotatable bonds is 7. The summed E-state index contributed by atoms with van der Waals surface area (Å²) in [6.07, 6.45) is 0.378. The van der Waals surface area contributed by atoms with Gasteiger partial charge in [-0.3, -0.25) is 9.59 Å². The van der Waals surface area contributed by atoms with Gasteiger partial charge in [0.1, 0.15) is 0 Å². The molecule has 0 saturated heterocycles. The number of hydrogen-bond donors (Lipinski definition) is 1. The van der Waals surface area contributed by atoms with Crippen molar-refractivity contribution >= 4 is 24.2 Å². The molecule has 0 atom stereocenters. The van der Waals surface area contributed by atoms with Gasteiger partial charge in [-0.25, -0.2) is 0 Å². The molecule has 0 spiro atoms. The van der Waals surface area contributed by atoms with E-state index < -0.39 is 0 Å². The minimum atomic E-state index is -0.292.